The number of carbonyl (C=O) groups is 1. The van der Waals surface area contributed by atoms with Gasteiger partial charge in [-0.2, -0.15) is 0 Å². The summed E-state index contributed by atoms with van der Waals surface area (Å²) in [6.45, 7) is 0.644. The first-order valence-electron chi connectivity index (χ1n) is 6.65. The zero-order valence-corrected chi connectivity index (χ0v) is 12.5. The highest BCUT2D eigenvalue weighted by atomic mass is 32.1. The zero-order valence-electron chi connectivity index (χ0n) is 11.7. The lowest BCUT2D eigenvalue weighted by atomic mass is 10.2. The van der Waals surface area contributed by atoms with Gasteiger partial charge in [-0.25, -0.2) is 4.79 Å². The van der Waals surface area contributed by atoms with E-state index in [9.17, 15) is 4.79 Å². The van der Waals surface area contributed by atoms with Gasteiger partial charge in [-0.05, 0) is 29.1 Å². The van der Waals surface area contributed by atoms with Crippen LogP contribution >= 0.6 is 11.3 Å². The molecule has 0 aliphatic carbocycles. The van der Waals surface area contributed by atoms with E-state index in [1.54, 1.807) is 11.3 Å². The molecule has 2 heterocycles. The number of hydrogen-bond acceptors (Lipinski definition) is 3. The van der Waals surface area contributed by atoms with Crippen LogP contribution in [0.15, 0.2) is 60.0 Å². The van der Waals surface area contributed by atoms with E-state index in [2.05, 4.69) is 18.2 Å². The number of benzene rings is 1. The van der Waals surface area contributed by atoms with Gasteiger partial charge in [0, 0.05) is 6.54 Å². The fraction of sp³-hybridized carbons (Fsp3) is 0.118. The number of carbonyl (C=O) groups excluding carboxylic acids is 1. The SMILES string of the molecule is COC(=O)c1ccc(-c2cccs2)n1Cc1ccccc1. The third kappa shape index (κ3) is 2.76. The van der Waals surface area contributed by atoms with Crippen LogP contribution in [0, 0.1) is 0 Å². The van der Waals surface area contributed by atoms with Gasteiger partial charge in [-0.1, -0.05) is 36.4 Å². The Bertz CT molecular complexity index is 730. The van der Waals surface area contributed by atoms with Crippen molar-refractivity contribution in [2.45, 2.75) is 6.54 Å². The highest BCUT2D eigenvalue weighted by molar-refractivity contribution is 7.13. The standard InChI is InChI=1S/C17H15NO2S/c1-20-17(19)15-10-9-14(16-8-5-11-21-16)18(15)12-13-6-3-2-4-7-13/h2-11H,12H2,1H3. The maximum absolute atomic E-state index is 12.0. The van der Waals surface area contributed by atoms with Crippen LogP contribution in [0.2, 0.25) is 0 Å². The number of hydrogen-bond donors (Lipinski definition) is 0. The average molecular weight is 297 g/mol. The number of aromatic nitrogens is 1. The molecular weight excluding hydrogens is 282 g/mol. The van der Waals surface area contributed by atoms with Gasteiger partial charge in [0.05, 0.1) is 17.7 Å². The summed E-state index contributed by atoms with van der Waals surface area (Å²) in [5, 5.41) is 2.03. The first-order chi connectivity index (χ1) is 10.3. The van der Waals surface area contributed by atoms with Crippen molar-refractivity contribution in [3.05, 3.63) is 71.2 Å². The Hall–Kier alpha value is -2.33. The van der Waals surface area contributed by atoms with Gasteiger partial charge >= 0.3 is 5.97 Å². The minimum absolute atomic E-state index is 0.311. The van der Waals surface area contributed by atoms with Gasteiger partial charge in [0.25, 0.3) is 0 Å². The molecule has 21 heavy (non-hydrogen) atoms. The first-order valence-corrected chi connectivity index (χ1v) is 7.53. The van der Waals surface area contributed by atoms with Crippen molar-refractivity contribution in [1.82, 2.24) is 4.57 Å². The first kappa shape index (κ1) is 13.6. The predicted molar refractivity (Wildman–Crippen MR) is 84.6 cm³/mol. The van der Waals surface area contributed by atoms with E-state index in [0.29, 0.717) is 12.2 Å². The van der Waals surface area contributed by atoms with E-state index < -0.39 is 0 Å². The molecule has 3 aromatic rings. The Balaban J connectivity index is 2.06. The van der Waals surface area contributed by atoms with Crippen LogP contribution in [-0.2, 0) is 11.3 Å². The van der Waals surface area contributed by atoms with Crippen LogP contribution in [0.25, 0.3) is 10.6 Å². The van der Waals surface area contributed by atoms with Gasteiger partial charge in [0.1, 0.15) is 5.69 Å². The van der Waals surface area contributed by atoms with Crippen molar-refractivity contribution in [2.75, 3.05) is 7.11 Å². The minimum atomic E-state index is -0.311. The molecule has 3 nitrogen and oxygen atoms in total. The highest BCUT2D eigenvalue weighted by Gasteiger charge is 2.17. The van der Waals surface area contributed by atoms with Gasteiger partial charge in [-0.15, -0.1) is 11.3 Å². The molecule has 0 radical (unpaired) electrons. The van der Waals surface area contributed by atoms with E-state index >= 15 is 0 Å². The lowest BCUT2D eigenvalue weighted by Crippen LogP contribution is -2.12. The molecule has 1 aromatic carbocycles. The molecule has 0 saturated heterocycles. The van der Waals surface area contributed by atoms with E-state index in [4.69, 9.17) is 4.74 Å². The smallest absolute Gasteiger partial charge is 0.354 e. The molecule has 0 aliphatic rings. The molecule has 0 saturated carbocycles. The summed E-state index contributed by atoms with van der Waals surface area (Å²) in [7, 11) is 1.41. The van der Waals surface area contributed by atoms with Crippen molar-refractivity contribution < 1.29 is 9.53 Å². The number of methoxy groups -OCH3 is 1. The zero-order chi connectivity index (χ0) is 14.7. The Morgan fingerprint density at radius 3 is 2.57 bits per heavy atom. The predicted octanol–water partition coefficient (Wildman–Crippen LogP) is 4.05. The quantitative estimate of drug-likeness (QED) is 0.680. The highest BCUT2D eigenvalue weighted by Crippen LogP contribution is 2.28. The fourth-order valence-corrected chi connectivity index (χ4v) is 3.09. The Kier molecular flexibility index (Phi) is 3.88. The molecular formula is C17H15NO2S. The maximum Gasteiger partial charge on any atom is 0.354 e. The number of ether oxygens (including phenoxy) is 1. The van der Waals surface area contributed by atoms with Crippen molar-refractivity contribution in [3.63, 3.8) is 0 Å². The van der Waals surface area contributed by atoms with Crippen LogP contribution in [0.5, 0.6) is 0 Å². The van der Waals surface area contributed by atoms with E-state index in [1.807, 2.05) is 46.3 Å². The number of rotatable bonds is 4. The summed E-state index contributed by atoms with van der Waals surface area (Å²) in [5.74, 6) is -0.311. The number of esters is 1. The normalized spacial score (nSPS) is 10.5. The van der Waals surface area contributed by atoms with Crippen molar-refractivity contribution in [3.8, 4) is 10.6 Å². The van der Waals surface area contributed by atoms with Crippen LogP contribution in [0.1, 0.15) is 16.1 Å². The Labute approximate surface area is 127 Å². The van der Waals surface area contributed by atoms with Gasteiger partial charge in [0.2, 0.25) is 0 Å². The van der Waals surface area contributed by atoms with E-state index in [0.717, 1.165) is 16.1 Å². The van der Waals surface area contributed by atoms with E-state index in [1.165, 1.54) is 7.11 Å². The molecule has 0 aliphatic heterocycles. The van der Waals surface area contributed by atoms with E-state index in [-0.39, 0.29) is 5.97 Å². The Morgan fingerprint density at radius 1 is 1.10 bits per heavy atom. The molecule has 0 spiro atoms. The van der Waals surface area contributed by atoms with Crippen LogP contribution in [0.3, 0.4) is 0 Å². The molecule has 2 aromatic heterocycles. The van der Waals surface area contributed by atoms with Gasteiger partial charge < -0.3 is 9.30 Å². The minimum Gasteiger partial charge on any atom is -0.464 e. The average Bonchev–Trinajstić information content (AvgIpc) is 3.17. The fourth-order valence-electron chi connectivity index (χ4n) is 2.33. The topological polar surface area (TPSA) is 31.2 Å². The lowest BCUT2D eigenvalue weighted by molar-refractivity contribution is 0.0589. The molecule has 0 N–H and O–H groups in total. The third-order valence-corrected chi connectivity index (χ3v) is 4.22. The number of nitrogens with zero attached hydrogens (tertiary/aromatic N) is 1. The molecule has 0 atom stereocenters. The van der Waals surface area contributed by atoms with Gasteiger partial charge in [-0.3, -0.25) is 0 Å². The summed E-state index contributed by atoms with van der Waals surface area (Å²) < 4.78 is 6.90. The third-order valence-electron chi connectivity index (χ3n) is 3.33. The summed E-state index contributed by atoms with van der Waals surface area (Å²) in [4.78, 5) is 13.1. The largest absolute Gasteiger partial charge is 0.464 e. The molecule has 3 rings (SSSR count). The van der Waals surface area contributed by atoms with Crippen LogP contribution in [-0.4, -0.2) is 17.6 Å². The van der Waals surface area contributed by atoms with Crippen LogP contribution in [0.4, 0.5) is 0 Å². The number of thiophene rings is 1. The lowest BCUT2D eigenvalue weighted by Gasteiger charge is -2.12. The van der Waals surface area contributed by atoms with Crippen molar-refractivity contribution >= 4 is 17.3 Å². The molecule has 0 unspecified atom stereocenters. The molecule has 106 valence electrons. The second-order valence-corrected chi connectivity index (χ2v) is 5.59. The maximum atomic E-state index is 12.0. The molecule has 0 fully saturated rings. The summed E-state index contributed by atoms with van der Waals surface area (Å²) in [6, 6.07) is 18.0. The van der Waals surface area contributed by atoms with Crippen LogP contribution < -0.4 is 0 Å². The molecule has 0 amide bonds. The van der Waals surface area contributed by atoms with Crippen molar-refractivity contribution in [1.29, 1.82) is 0 Å². The summed E-state index contributed by atoms with van der Waals surface area (Å²) in [6.07, 6.45) is 0. The molecule has 0 bridgehead atoms. The summed E-state index contributed by atoms with van der Waals surface area (Å²) in [5.41, 5.74) is 2.76. The Morgan fingerprint density at radius 2 is 1.90 bits per heavy atom. The summed E-state index contributed by atoms with van der Waals surface area (Å²) >= 11 is 1.66. The van der Waals surface area contributed by atoms with Crippen molar-refractivity contribution in [2.24, 2.45) is 0 Å². The molecule has 4 heteroatoms. The second-order valence-electron chi connectivity index (χ2n) is 4.64. The van der Waals surface area contributed by atoms with Gasteiger partial charge in [0.15, 0.2) is 0 Å². The second kappa shape index (κ2) is 5.97. The monoisotopic (exact) mass is 297 g/mol.